The number of carboxylic acid groups (broad SMARTS) is 1. The number of piperidine rings is 3. The van der Waals surface area contributed by atoms with E-state index in [9.17, 15) is 24.8 Å². The van der Waals surface area contributed by atoms with Crippen LogP contribution in [0.25, 0.3) is 10.8 Å². The molecule has 3 aliphatic heterocycles. The molecule has 0 spiro atoms. The summed E-state index contributed by atoms with van der Waals surface area (Å²) in [5, 5.41) is 24.1. The zero-order chi connectivity index (χ0) is 19.1. The quantitative estimate of drug-likeness (QED) is 0.631. The highest BCUT2D eigenvalue weighted by Crippen LogP contribution is 2.32. The Morgan fingerprint density at radius 3 is 2.48 bits per heavy atom. The number of non-ortho nitro benzene ring substituents is 1. The van der Waals surface area contributed by atoms with Crippen LogP contribution in [-0.4, -0.2) is 52.5 Å². The van der Waals surface area contributed by atoms with E-state index < -0.39 is 10.9 Å². The Hall–Kier alpha value is -3.00. The number of nitrogens with one attached hydrogen (secondary N) is 1. The molecule has 1 amide bonds. The lowest BCUT2D eigenvalue weighted by Crippen LogP contribution is -2.57. The maximum atomic E-state index is 13.0. The lowest BCUT2D eigenvalue weighted by Gasteiger charge is -2.44. The van der Waals surface area contributed by atoms with Gasteiger partial charge in [0.2, 0.25) is 0 Å². The number of nitrogens with zero attached hydrogens (tertiary/aromatic N) is 2. The van der Waals surface area contributed by atoms with E-state index in [0.717, 1.165) is 32.5 Å². The molecule has 1 atom stereocenters. The van der Waals surface area contributed by atoms with E-state index in [1.54, 1.807) is 6.07 Å². The van der Waals surface area contributed by atoms with Gasteiger partial charge >= 0.3 is 5.97 Å². The van der Waals surface area contributed by atoms with Crippen LogP contribution < -0.4 is 5.32 Å². The van der Waals surface area contributed by atoms with E-state index in [1.165, 1.54) is 24.3 Å². The van der Waals surface area contributed by atoms with Crippen molar-refractivity contribution in [2.45, 2.75) is 18.9 Å². The fourth-order valence-corrected chi connectivity index (χ4v) is 4.29. The molecular weight excluding hydrogens is 350 g/mol. The lowest BCUT2D eigenvalue weighted by atomic mass is 9.84. The van der Waals surface area contributed by atoms with Gasteiger partial charge < -0.3 is 15.3 Å². The molecular formula is C19H19N3O5. The van der Waals surface area contributed by atoms with Crippen molar-refractivity contribution >= 4 is 28.3 Å². The first kappa shape index (κ1) is 17.4. The second-order valence-electron chi connectivity index (χ2n) is 7.14. The van der Waals surface area contributed by atoms with Crippen molar-refractivity contribution in [2.75, 3.05) is 19.6 Å². The monoisotopic (exact) mass is 369 g/mol. The number of carbonyl (C=O) groups is 2. The van der Waals surface area contributed by atoms with Gasteiger partial charge in [0.1, 0.15) is 0 Å². The molecule has 8 nitrogen and oxygen atoms in total. The van der Waals surface area contributed by atoms with E-state index in [0.29, 0.717) is 5.92 Å². The second-order valence-corrected chi connectivity index (χ2v) is 7.14. The minimum absolute atomic E-state index is 0.0160. The van der Waals surface area contributed by atoms with Crippen LogP contribution in [0.15, 0.2) is 30.3 Å². The maximum Gasteiger partial charge on any atom is 0.336 e. The van der Waals surface area contributed by atoms with Gasteiger partial charge in [0, 0.05) is 29.6 Å². The van der Waals surface area contributed by atoms with Gasteiger partial charge in [-0.3, -0.25) is 14.9 Å². The van der Waals surface area contributed by atoms with Crippen LogP contribution in [0.4, 0.5) is 5.69 Å². The third-order valence-corrected chi connectivity index (χ3v) is 5.66. The molecule has 0 aromatic heterocycles. The Kier molecular flexibility index (Phi) is 4.27. The molecule has 3 fully saturated rings. The number of nitro groups is 1. The summed E-state index contributed by atoms with van der Waals surface area (Å²) in [4.78, 5) is 37.7. The zero-order valence-electron chi connectivity index (χ0n) is 14.6. The molecule has 27 heavy (non-hydrogen) atoms. The maximum absolute atomic E-state index is 13.0. The van der Waals surface area contributed by atoms with E-state index >= 15 is 0 Å². The number of hydrogen-bond donors (Lipinski definition) is 2. The number of hydrogen-bond acceptors (Lipinski definition) is 5. The van der Waals surface area contributed by atoms with Crippen molar-refractivity contribution in [3.05, 3.63) is 51.6 Å². The van der Waals surface area contributed by atoms with Crippen molar-refractivity contribution in [1.29, 1.82) is 0 Å². The van der Waals surface area contributed by atoms with Crippen LogP contribution in [0.2, 0.25) is 0 Å². The van der Waals surface area contributed by atoms with Crippen LogP contribution in [-0.2, 0) is 0 Å². The smallest absolute Gasteiger partial charge is 0.336 e. The Morgan fingerprint density at radius 1 is 1.15 bits per heavy atom. The van der Waals surface area contributed by atoms with Gasteiger partial charge in [-0.1, -0.05) is 6.07 Å². The number of aromatic carboxylic acids is 1. The van der Waals surface area contributed by atoms with Crippen molar-refractivity contribution < 1.29 is 19.6 Å². The predicted octanol–water partition coefficient (Wildman–Crippen LogP) is 2.27. The molecule has 0 aliphatic carbocycles. The van der Waals surface area contributed by atoms with E-state index in [1.807, 2.05) is 0 Å². The van der Waals surface area contributed by atoms with Gasteiger partial charge in [-0.05, 0) is 50.0 Å². The number of carbonyl (C=O) groups excluding carboxylic acids is 1. The molecule has 2 aromatic rings. The molecule has 2 N–H and O–H groups in total. The van der Waals surface area contributed by atoms with Crippen LogP contribution >= 0.6 is 0 Å². The summed E-state index contributed by atoms with van der Waals surface area (Å²) in [5.41, 5.74) is -0.173. The molecule has 0 saturated carbocycles. The molecule has 8 heteroatoms. The van der Waals surface area contributed by atoms with Gasteiger partial charge in [0.15, 0.2) is 0 Å². The Morgan fingerprint density at radius 2 is 1.89 bits per heavy atom. The van der Waals surface area contributed by atoms with Crippen LogP contribution in [0, 0.1) is 16.0 Å². The number of nitro benzene ring substituents is 1. The van der Waals surface area contributed by atoms with Crippen molar-refractivity contribution in [1.82, 2.24) is 10.2 Å². The largest absolute Gasteiger partial charge is 0.478 e. The SMILES string of the molecule is O=C(O)c1ccc([N+](=O)[O-])c2cccc(C(=O)N[C@@H]3CN4CCC3CC4)c12. The molecule has 2 aromatic carbocycles. The first-order chi connectivity index (χ1) is 13.0. The van der Waals surface area contributed by atoms with Crippen molar-refractivity contribution in [3.63, 3.8) is 0 Å². The Labute approximate surface area is 154 Å². The number of carboxylic acids is 1. The molecule has 3 saturated heterocycles. The molecule has 140 valence electrons. The van der Waals surface area contributed by atoms with Crippen LogP contribution in [0.1, 0.15) is 33.6 Å². The van der Waals surface area contributed by atoms with Gasteiger partial charge in [0.25, 0.3) is 11.6 Å². The molecule has 0 unspecified atom stereocenters. The fraction of sp³-hybridized carbons (Fsp3) is 0.368. The highest BCUT2D eigenvalue weighted by Gasteiger charge is 2.35. The average molecular weight is 369 g/mol. The van der Waals surface area contributed by atoms with Gasteiger partial charge in [0.05, 0.1) is 15.9 Å². The predicted molar refractivity (Wildman–Crippen MR) is 98.0 cm³/mol. The first-order valence-electron chi connectivity index (χ1n) is 8.92. The van der Waals surface area contributed by atoms with Gasteiger partial charge in [-0.2, -0.15) is 0 Å². The molecule has 0 radical (unpaired) electrons. The van der Waals surface area contributed by atoms with Crippen LogP contribution in [0.3, 0.4) is 0 Å². The standard InChI is InChI=1S/C19H19N3O5/c23-18(20-15-10-21-8-6-11(15)7-9-21)13-3-1-2-12-16(22(26)27)5-4-14(17(12)13)19(24)25/h1-5,11,15H,6-10H2,(H,20,23)(H,24,25)/t15-/m1/s1. The summed E-state index contributed by atoms with van der Waals surface area (Å²) in [6.45, 7) is 2.87. The average Bonchev–Trinajstić information content (AvgIpc) is 2.67. The molecule has 5 rings (SSSR count). The normalized spacial score (nSPS) is 23.9. The van der Waals surface area contributed by atoms with Crippen LogP contribution in [0.5, 0.6) is 0 Å². The Bertz CT molecular complexity index is 950. The summed E-state index contributed by atoms with van der Waals surface area (Å²) in [5.74, 6) is -1.19. The highest BCUT2D eigenvalue weighted by atomic mass is 16.6. The molecule has 2 bridgehead atoms. The van der Waals surface area contributed by atoms with Gasteiger partial charge in [-0.25, -0.2) is 4.79 Å². The molecule has 3 heterocycles. The first-order valence-corrected chi connectivity index (χ1v) is 8.92. The minimum Gasteiger partial charge on any atom is -0.478 e. The third-order valence-electron chi connectivity index (χ3n) is 5.66. The number of rotatable bonds is 4. The summed E-state index contributed by atoms with van der Waals surface area (Å²) < 4.78 is 0. The minimum atomic E-state index is -1.22. The van der Waals surface area contributed by atoms with Gasteiger partial charge in [-0.15, -0.1) is 0 Å². The summed E-state index contributed by atoms with van der Waals surface area (Å²) in [7, 11) is 0. The summed E-state index contributed by atoms with van der Waals surface area (Å²) in [6.07, 6.45) is 2.07. The van der Waals surface area contributed by atoms with Crippen molar-refractivity contribution in [2.24, 2.45) is 5.92 Å². The lowest BCUT2D eigenvalue weighted by molar-refractivity contribution is -0.383. The Balaban J connectivity index is 1.76. The summed E-state index contributed by atoms with van der Waals surface area (Å²) >= 11 is 0. The third kappa shape index (κ3) is 3.02. The van der Waals surface area contributed by atoms with E-state index in [-0.39, 0.29) is 39.5 Å². The second kappa shape index (κ2) is 6.62. The topological polar surface area (TPSA) is 113 Å². The van der Waals surface area contributed by atoms with E-state index in [2.05, 4.69) is 10.2 Å². The number of benzene rings is 2. The molecule has 3 aliphatic rings. The zero-order valence-corrected chi connectivity index (χ0v) is 14.6. The number of fused-ring (bicyclic) bond motifs is 4. The summed E-state index contributed by atoms with van der Waals surface area (Å²) in [6, 6.07) is 6.92. The number of amides is 1. The highest BCUT2D eigenvalue weighted by molar-refractivity contribution is 6.16. The van der Waals surface area contributed by atoms with E-state index in [4.69, 9.17) is 0 Å². The fourth-order valence-electron chi connectivity index (χ4n) is 4.29. The van der Waals surface area contributed by atoms with Crippen molar-refractivity contribution in [3.8, 4) is 0 Å².